The summed E-state index contributed by atoms with van der Waals surface area (Å²) >= 11 is 0. The molecule has 45 heavy (non-hydrogen) atoms. The van der Waals surface area contributed by atoms with Crippen LogP contribution in [0.5, 0.6) is 5.75 Å². The van der Waals surface area contributed by atoms with Crippen LogP contribution >= 0.6 is 0 Å². The number of allylic oxidation sites excluding steroid dienone is 5. The molecular weight excluding hydrogens is 566 g/mol. The van der Waals surface area contributed by atoms with Crippen molar-refractivity contribution in [1.82, 2.24) is 0 Å². The van der Waals surface area contributed by atoms with Gasteiger partial charge in [0, 0.05) is 35.4 Å². The average Bonchev–Trinajstić information content (AvgIpc) is 3.50. The molecule has 2 atom stereocenters. The molecule has 0 aromatic heterocycles. The largest absolute Gasteiger partial charge is 0.494 e. The lowest BCUT2D eigenvalue weighted by molar-refractivity contribution is 0.0977. The van der Waals surface area contributed by atoms with Crippen LogP contribution in [0.15, 0.2) is 65.4 Å². The molecule has 0 amide bonds. The number of carbonyl (C=O) groups is 1. The Kier molecular flexibility index (Phi) is 13.2. The van der Waals surface area contributed by atoms with Gasteiger partial charge in [0.15, 0.2) is 17.3 Å². The Morgan fingerprint density at radius 1 is 1.02 bits per heavy atom. The van der Waals surface area contributed by atoms with Crippen molar-refractivity contribution in [3.05, 3.63) is 88.8 Å². The van der Waals surface area contributed by atoms with E-state index in [9.17, 15) is 9.18 Å². The van der Waals surface area contributed by atoms with Crippen LogP contribution in [0.4, 0.5) is 14.5 Å². The summed E-state index contributed by atoms with van der Waals surface area (Å²) in [7, 11) is 1.33. The van der Waals surface area contributed by atoms with Crippen LogP contribution in [0, 0.1) is 23.5 Å². The van der Waals surface area contributed by atoms with Crippen molar-refractivity contribution in [3.8, 4) is 5.75 Å². The summed E-state index contributed by atoms with van der Waals surface area (Å²) in [4.78, 5) is 18.0. The normalized spacial score (nSPS) is 18.8. The summed E-state index contributed by atoms with van der Waals surface area (Å²) in [6, 6.07) is 9.01. The quantitative estimate of drug-likeness (QED) is 0.116. The highest BCUT2D eigenvalue weighted by molar-refractivity contribution is 6.12. The maximum absolute atomic E-state index is 15.1. The average molecular weight is 617 g/mol. The van der Waals surface area contributed by atoms with Gasteiger partial charge in [0.2, 0.25) is 5.82 Å². The number of aryl methyl sites for hydroxylation is 1. The third-order valence-corrected chi connectivity index (χ3v) is 9.27. The van der Waals surface area contributed by atoms with Gasteiger partial charge in [0.25, 0.3) is 0 Å². The number of anilines is 1. The Labute approximate surface area is 268 Å². The van der Waals surface area contributed by atoms with Gasteiger partial charge in [-0.2, -0.15) is 4.39 Å². The first-order chi connectivity index (χ1) is 21.9. The highest BCUT2D eigenvalue weighted by Crippen LogP contribution is 2.39. The Hall–Kier alpha value is -3.54. The van der Waals surface area contributed by atoms with Crippen molar-refractivity contribution in [2.45, 2.75) is 104 Å². The number of nitrogens with one attached hydrogen (secondary N) is 1. The molecule has 6 heteroatoms. The van der Waals surface area contributed by atoms with E-state index in [1.54, 1.807) is 12.3 Å². The van der Waals surface area contributed by atoms with Gasteiger partial charge in [0.1, 0.15) is 0 Å². The predicted molar refractivity (Wildman–Crippen MR) is 183 cm³/mol. The fourth-order valence-electron chi connectivity index (χ4n) is 6.55. The standard InChI is InChI=1S/C39H50F2N2O2/c1-5-8-11-16-27(6-2)17-14-15-20-35(44)30-22-21-29(25-28(30)7-3)43-34-19-13-10-9-12-18-32-33(26-42-39(32)34)31-23-24-36(45-4)38(41)37(31)40/h9-10,19,21-27,32,43H,5-8,11-18,20H2,1-4H3/b10-9-,34-19-. The molecule has 2 aromatic carbocycles. The van der Waals surface area contributed by atoms with Crippen molar-refractivity contribution < 1.29 is 18.3 Å². The number of hydrogen-bond acceptors (Lipinski definition) is 4. The van der Waals surface area contributed by atoms with Crippen LogP contribution in [-0.4, -0.2) is 18.6 Å². The number of methoxy groups -OCH3 is 1. The maximum Gasteiger partial charge on any atom is 0.201 e. The predicted octanol–water partition coefficient (Wildman–Crippen LogP) is 11.0. The Balaban J connectivity index is 1.44. The van der Waals surface area contributed by atoms with Crippen molar-refractivity contribution >= 4 is 22.8 Å². The molecule has 0 spiro atoms. The number of nitrogens with zero attached hydrogens (tertiary/aromatic N) is 1. The van der Waals surface area contributed by atoms with Gasteiger partial charge >= 0.3 is 0 Å². The van der Waals surface area contributed by atoms with Crippen molar-refractivity contribution in [1.29, 1.82) is 0 Å². The number of benzene rings is 2. The highest BCUT2D eigenvalue weighted by Gasteiger charge is 2.31. The summed E-state index contributed by atoms with van der Waals surface area (Å²) in [5, 5.41) is 3.56. The number of halogens is 2. The van der Waals surface area contributed by atoms with E-state index in [1.807, 2.05) is 12.1 Å². The number of aliphatic imine (C=N–C) groups is 1. The van der Waals surface area contributed by atoms with E-state index in [4.69, 9.17) is 9.73 Å². The molecule has 2 aromatic rings. The summed E-state index contributed by atoms with van der Waals surface area (Å²) in [6.45, 7) is 6.61. The second kappa shape index (κ2) is 17.2. The second-order valence-electron chi connectivity index (χ2n) is 12.3. The topological polar surface area (TPSA) is 50.7 Å². The molecule has 242 valence electrons. The van der Waals surface area contributed by atoms with Crippen LogP contribution in [-0.2, 0) is 6.42 Å². The van der Waals surface area contributed by atoms with Gasteiger partial charge in [-0.1, -0.05) is 83.9 Å². The third-order valence-electron chi connectivity index (χ3n) is 9.27. The summed E-state index contributed by atoms with van der Waals surface area (Å²) in [5.41, 5.74) is 5.24. The fraction of sp³-hybridized carbons (Fsp3) is 0.487. The Morgan fingerprint density at radius 3 is 2.56 bits per heavy atom. The number of rotatable bonds is 16. The lowest BCUT2D eigenvalue weighted by Crippen LogP contribution is -2.20. The zero-order valence-corrected chi connectivity index (χ0v) is 27.6. The number of ketones is 1. The molecule has 2 aliphatic rings. The summed E-state index contributed by atoms with van der Waals surface area (Å²) in [6.07, 6.45) is 21.2. The van der Waals surface area contributed by atoms with Crippen LogP contribution in [0.2, 0.25) is 0 Å². The number of ether oxygens (including phenoxy) is 1. The molecule has 2 unspecified atom stereocenters. The van der Waals surface area contributed by atoms with Crippen molar-refractivity contribution in [2.75, 3.05) is 12.4 Å². The number of hydrogen-bond donors (Lipinski definition) is 1. The van der Waals surface area contributed by atoms with Gasteiger partial charge in [-0.05, 0) is 79.5 Å². The number of unbranched alkanes of at least 4 members (excludes halogenated alkanes) is 3. The molecule has 1 N–H and O–H groups in total. The van der Waals surface area contributed by atoms with E-state index in [0.717, 1.165) is 72.7 Å². The molecule has 0 saturated carbocycles. The SMILES string of the molecule is CCCCCC(CC)CCCCC(=O)c1ccc(N/C2=C\C/C=C\CCC3C(c4ccc(OC)c(F)c4F)=CN=C23)cc1CC. The fourth-order valence-corrected chi connectivity index (χ4v) is 6.55. The van der Waals surface area contributed by atoms with E-state index in [-0.39, 0.29) is 23.0 Å². The van der Waals surface area contributed by atoms with E-state index in [0.29, 0.717) is 12.0 Å². The summed E-state index contributed by atoms with van der Waals surface area (Å²) < 4.78 is 34.7. The van der Waals surface area contributed by atoms with Gasteiger partial charge in [-0.15, -0.1) is 0 Å². The van der Waals surface area contributed by atoms with Gasteiger partial charge < -0.3 is 10.1 Å². The van der Waals surface area contributed by atoms with Crippen molar-refractivity contribution in [2.24, 2.45) is 16.8 Å². The molecule has 0 saturated heterocycles. The molecule has 0 radical (unpaired) electrons. The molecule has 1 aliphatic carbocycles. The van der Waals surface area contributed by atoms with E-state index < -0.39 is 11.6 Å². The van der Waals surface area contributed by atoms with Gasteiger partial charge in [0.05, 0.1) is 18.5 Å². The molecular formula is C39H50F2N2O2. The first kappa shape index (κ1) is 34.3. The van der Waals surface area contributed by atoms with Gasteiger partial charge in [-0.25, -0.2) is 4.39 Å². The summed E-state index contributed by atoms with van der Waals surface area (Å²) in [5.74, 6) is -1.23. The maximum atomic E-state index is 15.1. The number of carbonyl (C=O) groups excluding carboxylic acids is 1. The molecule has 4 nitrogen and oxygen atoms in total. The molecule has 1 heterocycles. The smallest absolute Gasteiger partial charge is 0.201 e. The van der Waals surface area contributed by atoms with E-state index >= 15 is 4.39 Å². The lowest BCUT2D eigenvalue weighted by Gasteiger charge is -2.21. The molecule has 1 aliphatic heterocycles. The van der Waals surface area contributed by atoms with Crippen molar-refractivity contribution in [3.63, 3.8) is 0 Å². The molecule has 0 fully saturated rings. The lowest BCUT2D eigenvalue weighted by atomic mass is 9.85. The van der Waals surface area contributed by atoms with E-state index in [1.165, 1.54) is 51.7 Å². The minimum Gasteiger partial charge on any atom is -0.494 e. The first-order valence-corrected chi connectivity index (χ1v) is 17.0. The Bertz CT molecular complexity index is 1440. The second-order valence-corrected chi connectivity index (χ2v) is 12.3. The zero-order chi connectivity index (χ0) is 32.2. The Morgan fingerprint density at radius 2 is 1.82 bits per heavy atom. The third kappa shape index (κ3) is 8.80. The van der Waals surface area contributed by atoms with Crippen LogP contribution in [0.25, 0.3) is 5.57 Å². The highest BCUT2D eigenvalue weighted by atomic mass is 19.2. The van der Waals surface area contributed by atoms with Crippen LogP contribution in [0.1, 0.15) is 119 Å². The first-order valence-electron chi connectivity index (χ1n) is 17.0. The van der Waals surface area contributed by atoms with Crippen LogP contribution < -0.4 is 10.1 Å². The monoisotopic (exact) mass is 616 g/mol. The zero-order valence-electron chi connectivity index (χ0n) is 27.6. The van der Waals surface area contributed by atoms with Gasteiger partial charge in [-0.3, -0.25) is 9.79 Å². The molecule has 4 rings (SSSR count). The number of Topliss-reactive ketones (excluding diaryl/α,β-unsaturated/α-hetero) is 1. The van der Waals surface area contributed by atoms with E-state index in [2.05, 4.69) is 50.4 Å². The number of fused-ring (bicyclic) bond motifs is 1. The molecule has 0 bridgehead atoms. The minimum absolute atomic E-state index is 0.118. The minimum atomic E-state index is -0.990. The van der Waals surface area contributed by atoms with Crippen LogP contribution in [0.3, 0.4) is 0 Å².